The minimum atomic E-state index is -3.58. The molecule has 0 saturated carbocycles. The molecular formula is C7H10BrNO4S2. The van der Waals surface area contributed by atoms with Crippen LogP contribution in [-0.4, -0.2) is 37.9 Å². The molecule has 1 heterocycles. The van der Waals surface area contributed by atoms with E-state index >= 15 is 0 Å². The molecule has 0 bridgehead atoms. The number of thiophene rings is 1. The van der Waals surface area contributed by atoms with Gasteiger partial charge in [-0.2, -0.15) is 0 Å². The van der Waals surface area contributed by atoms with Crippen molar-refractivity contribution in [1.29, 1.82) is 0 Å². The maximum atomic E-state index is 11.6. The van der Waals surface area contributed by atoms with Crippen LogP contribution in [0.1, 0.15) is 0 Å². The molecule has 0 fully saturated rings. The highest BCUT2D eigenvalue weighted by molar-refractivity contribution is 9.11. The molecule has 1 aromatic rings. The average molecular weight is 316 g/mol. The van der Waals surface area contributed by atoms with Gasteiger partial charge in [-0.25, -0.2) is 13.1 Å². The van der Waals surface area contributed by atoms with Gasteiger partial charge in [0.2, 0.25) is 10.0 Å². The molecule has 8 heteroatoms. The lowest BCUT2D eigenvalue weighted by Gasteiger charge is -2.08. The summed E-state index contributed by atoms with van der Waals surface area (Å²) in [6.07, 6.45) is -1.08. The second-order valence-corrected chi connectivity index (χ2v) is 7.20. The van der Waals surface area contributed by atoms with E-state index in [0.717, 1.165) is 11.3 Å². The molecule has 0 amide bonds. The van der Waals surface area contributed by atoms with E-state index < -0.39 is 22.7 Å². The predicted molar refractivity (Wildman–Crippen MR) is 60.3 cm³/mol. The first-order chi connectivity index (χ1) is 6.95. The van der Waals surface area contributed by atoms with Crippen LogP contribution in [0.3, 0.4) is 0 Å². The quantitative estimate of drug-likeness (QED) is 0.721. The molecule has 0 saturated heterocycles. The third-order valence-electron chi connectivity index (χ3n) is 1.53. The highest BCUT2D eigenvalue weighted by Gasteiger charge is 2.17. The fraction of sp³-hybridized carbons (Fsp3) is 0.429. The van der Waals surface area contributed by atoms with Crippen molar-refractivity contribution in [2.75, 3.05) is 13.2 Å². The van der Waals surface area contributed by atoms with E-state index in [4.69, 9.17) is 10.2 Å². The Morgan fingerprint density at radius 2 is 2.20 bits per heavy atom. The maximum absolute atomic E-state index is 11.6. The van der Waals surface area contributed by atoms with Crippen molar-refractivity contribution in [2.45, 2.75) is 10.3 Å². The van der Waals surface area contributed by atoms with Crippen molar-refractivity contribution >= 4 is 37.3 Å². The number of aliphatic hydroxyl groups is 2. The summed E-state index contributed by atoms with van der Waals surface area (Å²) in [5, 5.41) is 17.5. The Labute approximate surface area is 99.9 Å². The Balaban J connectivity index is 2.68. The van der Waals surface area contributed by atoms with Gasteiger partial charge in [0, 0.05) is 6.54 Å². The molecule has 3 N–H and O–H groups in total. The van der Waals surface area contributed by atoms with Gasteiger partial charge in [-0.3, -0.25) is 0 Å². The lowest BCUT2D eigenvalue weighted by atomic mass is 10.4. The summed E-state index contributed by atoms with van der Waals surface area (Å²) in [6.45, 7) is -0.676. The van der Waals surface area contributed by atoms with E-state index in [1.165, 1.54) is 6.07 Å². The number of halogens is 1. The highest BCUT2D eigenvalue weighted by Crippen LogP contribution is 2.25. The van der Waals surface area contributed by atoms with Gasteiger partial charge in [-0.15, -0.1) is 11.3 Å². The molecule has 1 unspecified atom stereocenters. The third kappa shape index (κ3) is 3.82. The summed E-state index contributed by atoms with van der Waals surface area (Å²) in [5.74, 6) is 0. The first kappa shape index (κ1) is 13.1. The monoisotopic (exact) mass is 315 g/mol. The van der Waals surface area contributed by atoms with Crippen LogP contribution in [0.5, 0.6) is 0 Å². The van der Waals surface area contributed by atoms with Crippen LogP contribution >= 0.6 is 27.3 Å². The molecule has 1 atom stereocenters. The van der Waals surface area contributed by atoms with Gasteiger partial charge in [-0.05, 0) is 28.1 Å². The summed E-state index contributed by atoms with van der Waals surface area (Å²) in [4.78, 5) is 0. The zero-order valence-electron chi connectivity index (χ0n) is 7.55. The number of sulfonamides is 1. The molecule has 5 nitrogen and oxygen atoms in total. The summed E-state index contributed by atoms with van der Waals surface area (Å²) in [5.41, 5.74) is 0. The minimum absolute atomic E-state index is 0.166. The summed E-state index contributed by atoms with van der Waals surface area (Å²) < 4.78 is 26.2. The van der Waals surface area contributed by atoms with Gasteiger partial charge in [-0.1, -0.05) is 0 Å². The van der Waals surface area contributed by atoms with E-state index in [1.807, 2.05) is 0 Å². The van der Waals surface area contributed by atoms with Gasteiger partial charge in [0.1, 0.15) is 4.21 Å². The second-order valence-electron chi connectivity index (χ2n) is 2.75. The Hall–Kier alpha value is 0.01000. The first-order valence-electron chi connectivity index (χ1n) is 3.99. The Bertz CT molecular complexity index is 416. The van der Waals surface area contributed by atoms with E-state index in [2.05, 4.69) is 20.7 Å². The zero-order valence-corrected chi connectivity index (χ0v) is 10.8. The van der Waals surface area contributed by atoms with Crippen LogP contribution in [0.4, 0.5) is 0 Å². The smallest absolute Gasteiger partial charge is 0.250 e. The van der Waals surface area contributed by atoms with Crippen LogP contribution in [-0.2, 0) is 10.0 Å². The minimum Gasteiger partial charge on any atom is -0.394 e. The molecule has 15 heavy (non-hydrogen) atoms. The van der Waals surface area contributed by atoms with Crippen molar-refractivity contribution < 1.29 is 18.6 Å². The Morgan fingerprint density at radius 3 is 2.67 bits per heavy atom. The summed E-state index contributed by atoms with van der Waals surface area (Å²) in [6, 6.07) is 3.09. The first-order valence-corrected chi connectivity index (χ1v) is 7.09. The van der Waals surface area contributed by atoms with E-state index in [9.17, 15) is 8.42 Å². The highest BCUT2D eigenvalue weighted by atomic mass is 79.9. The van der Waals surface area contributed by atoms with Crippen molar-refractivity contribution in [1.82, 2.24) is 4.72 Å². The molecule has 0 aromatic carbocycles. The zero-order chi connectivity index (χ0) is 11.5. The topological polar surface area (TPSA) is 86.6 Å². The number of nitrogens with one attached hydrogen (secondary N) is 1. The molecule has 0 aliphatic rings. The number of aliphatic hydroxyl groups excluding tert-OH is 2. The van der Waals surface area contributed by atoms with Crippen LogP contribution in [0.25, 0.3) is 0 Å². The number of hydrogen-bond donors (Lipinski definition) is 3. The lowest BCUT2D eigenvalue weighted by Crippen LogP contribution is -2.33. The van der Waals surface area contributed by atoms with Crippen LogP contribution in [0.2, 0.25) is 0 Å². The van der Waals surface area contributed by atoms with Gasteiger partial charge in [0.25, 0.3) is 0 Å². The van der Waals surface area contributed by atoms with E-state index in [0.29, 0.717) is 3.79 Å². The SMILES string of the molecule is O=S(=O)(NCC(O)CO)c1ccc(Br)s1. The second kappa shape index (κ2) is 5.37. The van der Waals surface area contributed by atoms with Crippen LogP contribution < -0.4 is 4.72 Å². The lowest BCUT2D eigenvalue weighted by molar-refractivity contribution is 0.0988. The molecule has 0 aliphatic carbocycles. The fourth-order valence-corrected chi connectivity index (χ4v) is 3.91. The molecular weight excluding hydrogens is 306 g/mol. The third-order valence-corrected chi connectivity index (χ3v) is 5.07. The molecule has 86 valence electrons. The molecule has 1 aromatic heterocycles. The van der Waals surface area contributed by atoms with Crippen LogP contribution in [0.15, 0.2) is 20.1 Å². The van der Waals surface area contributed by atoms with Crippen molar-refractivity contribution in [3.8, 4) is 0 Å². The van der Waals surface area contributed by atoms with E-state index in [-0.39, 0.29) is 10.8 Å². The standard InChI is InChI=1S/C7H10BrNO4S2/c8-6-1-2-7(14-6)15(12,13)9-3-5(11)4-10/h1-2,5,9-11H,3-4H2. The molecule has 0 aliphatic heterocycles. The maximum Gasteiger partial charge on any atom is 0.250 e. The van der Waals surface area contributed by atoms with E-state index in [1.54, 1.807) is 6.07 Å². The number of hydrogen-bond acceptors (Lipinski definition) is 5. The van der Waals surface area contributed by atoms with Gasteiger partial charge < -0.3 is 10.2 Å². The normalized spacial score (nSPS) is 14.1. The van der Waals surface area contributed by atoms with Crippen molar-refractivity contribution in [3.05, 3.63) is 15.9 Å². The summed E-state index contributed by atoms with van der Waals surface area (Å²) in [7, 11) is -3.58. The van der Waals surface area contributed by atoms with Gasteiger partial charge >= 0.3 is 0 Å². The number of rotatable bonds is 5. The van der Waals surface area contributed by atoms with Gasteiger partial charge in [0.05, 0.1) is 16.5 Å². The van der Waals surface area contributed by atoms with Gasteiger partial charge in [0.15, 0.2) is 0 Å². The van der Waals surface area contributed by atoms with Crippen LogP contribution in [0, 0.1) is 0 Å². The Kier molecular flexibility index (Phi) is 4.68. The molecule has 0 spiro atoms. The largest absolute Gasteiger partial charge is 0.394 e. The fourth-order valence-electron chi connectivity index (χ4n) is 0.784. The predicted octanol–water partition coefficient (Wildman–Crippen LogP) is 0.142. The molecule has 1 rings (SSSR count). The Morgan fingerprint density at radius 1 is 1.53 bits per heavy atom. The van der Waals surface area contributed by atoms with Crippen molar-refractivity contribution in [2.24, 2.45) is 0 Å². The van der Waals surface area contributed by atoms with Crippen molar-refractivity contribution in [3.63, 3.8) is 0 Å². The summed E-state index contributed by atoms with van der Waals surface area (Å²) >= 11 is 4.23. The molecule has 0 radical (unpaired) electrons. The average Bonchev–Trinajstić information content (AvgIpc) is 2.62.